The zero-order valence-corrected chi connectivity index (χ0v) is 10.1. The Bertz CT molecular complexity index is 558. The third kappa shape index (κ3) is 2.61. The molecule has 0 atom stereocenters. The van der Waals surface area contributed by atoms with Crippen LogP contribution in [0.2, 0.25) is 0 Å². The molecule has 0 spiro atoms. The number of nitrogens with zero attached hydrogens (tertiary/aromatic N) is 1. The normalized spacial score (nSPS) is 9.56. The van der Waals surface area contributed by atoms with Crippen LogP contribution in [0.3, 0.4) is 0 Å². The Kier molecular flexibility index (Phi) is 3.83. The summed E-state index contributed by atoms with van der Waals surface area (Å²) in [5.74, 6) is 1.07. The molecular weight excluding hydrogens is 226 g/mol. The molecule has 0 fully saturated rings. The molecule has 0 aromatic heterocycles. The van der Waals surface area contributed by atoms with E-state index in [1.165, 1.54) is 0 Å². The van der Waals surface area contributed by atoms with Gasteiger partial charge >= 0.3 is 0 Å². The number of hydrogen-bond donors (Lipinski definition) is 0. The van der Waals surface area contributed by atoms with Crippen molar-refractivity contribution in [3.63, 3.8) is 0 Å². The van der Waals surface area contributed by atoms with Gasteiger partial charge in [0.2, 0.25) is 0 Å². The first-order valence-corrected chi connectivity index (χ1v) is 5.59. The summed E-state index contributed by atoms with van der Waals surface area (Å²) in [5, 5.41) is 9.05. The maximum atomic E-state index is 9.05. The topological polar surface area (TPSA) is 42.2 Å². The van der Waals surface area contributed by atoms with Gasteiger partial charge in [0, 0.05) is 0 Å². The summed E-state index contributed by atoms with van der Waals surface area (Å²) in [6, 6.07) is 17.2. The molecule has 0 heterocycles. The zero-order valence-electron chi connectivity index (χ0n) is 10.1. The standard InChI is InChI=1S/C15H13NO2/c1-17-14-9-5-8-13(10-16)15(14)18-11-12-6-3-2-4-7-12/h2-9H,11H2,1H3. The molecule has 0 aliphatic rings. The van der Waals surface area contributed by atoms with Gasteiger partial charge in [0.25, 0.3) is 0 Å². The van der Waals surface area contributed by atoms with Gasteiger partial charge < -0.3 is 9.47 Å². The van der Waals surface area contributed by atoms with Crippen LogP contribution in [0.4, 0.5) is 0 Å². The van der Waals surface area contributed by atoms with Crippen molar-refractivity contribution in [2.45, 2.75) is 6.61 Å². The number of rotatable bonds is 4. The Morgan fingerprint density at radius 3 is 2.50 bits per heavy atom. The van der Waals surface area contributed by atoms with Crippen LogP contribution in [0.5, 0.6) is 11.5 Å². The molecule has 3 nitrogen and oxygen atoms in total. The summed E-state index contributed by atoms with van der Waals surface area (Å²) in [7, 11) is 1.56. The summed E-state index contributed by atoms with van der Waals surface area (Å²) in [6.45, 7) is 0.413. The van der Waals surface area contributed by atoms with Crippen LogP contribution in [-0.4, -0.2) is 7.11 Å². The minimum absolute atomic E-state index is 0.413. The maximum Gasteiger partial charge on any atom is 0.179 e. The number of nitriles is 1. The van der Waals surface area contributed by atoms with E-state index in [9.17, 15) is 0 Å². The summed E-state index contributed by atoms with van der Waals surface area (Å²) in [4.78, 5) is 0. The molecule has 18 heavy (non-hydrogen) atoms. The molecule has 2 aromatic carbocycles. The fourth-order valence-corrected chi connectivity index (χ4v) is 1.64. The zero-order chi connectivity index (χ0) is 12.8. The van der Waals surface area contributed by atoms with Crippen LogP contribution in [0.1, 0.15) is 11.1 Å². The smallest absolute Gasteiger partial charge is 0.179 e. The molecule has 3 heteroatoms. The van der Waals surface area contributed by atoms with Crippen molar-refractivity contribution in [3.05, 3.63) is 59.7 Å². The Balaban J connectivity index is 2.21. The Hall–Kier alpha value is -2.47. The monoisotopic (exact) mass is 239 g/mol. The lowest BCUT2D eigenvalue weighted by Crippen LogP contribution is -1.99. The van der Waals surface area contributed by atoms with E-state index in [1.54, 1.807) is 25.3 Å². The lowest BCUT2D eigenvalue weighted by atomic mass is 10.2. The van der Waals surface area contributed by atoms with Gasteiger partial charge in [-0.15, -0.1) is 0 Å². The van der Waals surface area contributed by atoms with E-state index in [-0.39, 0.29) is 0 Å². The Labute approximate surface area is 106 Å². The summed E-state index contributed by atoms with van der Waals surface area (Å²) >= 11 is 0. The molecule has 0 bridgehead atoms. The van der Waals surface area contributed by atoms with Crippen LogP contribution < -0.4 is 9.47 Å². The van der Waals surface area contributed by atoms with Crippen molar-refractivity contribution in [1.29, 1.82) is 5.26 Å². The molecule has 0 amide bonds. The Morgan fingerprint density at radius 2 is 1.83 bits per heavy atom. The van der Waals surface area contributed by atoms with E-state index in [0.717, 1.165) is 5.56 Å². The van der Waals surface area contributed by atoms with Gasteiger partial charge in [-0.3, -0.25) is 0 Å². The molecule has 2 rings (SSSR count). The lowest BCUT2D eigenvalue weighted by Gasteiger charge is -2.11. The van der Waals surface area contributed by atoms with E-state index < -0.39 is 0 Å². The van der Waals surface area contributed by atoms with Crippen LogP contribution in [0.15, 0.2) is 48.5 Å². The van der Waals surface area contributed by atoms with Gasteiger partial charge in [0.05, 0.1) is 12.7 Å². The number of ether oxygens (including phenoxy) is 2. The van der Waals surface area contributed by atoms with Crippen LogP contribution in [0, 0.1) is 11.3 Å². The van der Waals surface area contributed by atoms with Gasteiger partial charge in [-0.25, -0.2) is 0 Å². The molecule has 90 valence electrons. The van der Waals surface area contributed by atoms with E-state index >= 15 is 0 Å². The second-order valence-electron chi connectivity index (χ2n) is 3.72. The minimum atomic E-state index is 0.413. The maximum absolute atomic E-state index is 9.05. The molecule has 0 aliphatic carbocycles. The summed E-state index contributed by atoms with van der Waals surface area (Å²) < 4.78 is 10.9. The van der Waals surface area contributed by atoms with Crippen molar-refractivity contribution in [2.75, 3.05) is 7.11 Å². The third-order valence-corrected chi connectivity index (χ3v) is 2.55. The van der Waals surface area contributed by atoms with E-state index in [2.05, 4.69) is 6.07 Å². The predicted octanol–water partition coefficient (Wildman–Crippen LogP) is 3.15. The minimum Gasteiger partial charge on any atom is -0.493 e. The first kappa shape index (κ1) is 12.0. The predicted molar refractivity (Wildman–Crippen MR) is 68.5 cm³/mol. The highest BCUT2D eigenvalue weighted by molar-refractivity contribution is 5.52. The molecule has 0 saturated carbocycles. The first-order valence-electron chi connectivity index (χ1n) is 5.59. The molecular formula is C15H13NO2. The molecule has 0 unspecified atom stereocenters. The van der Waals surface area contributed by atoms with E-state index in [0.29, 0.717) is 23.7 Å². The third-order valence-electron chi connectivity index (χ3n) is 2.55. The molecule has 0 aliphatic heterocycles. The number of methoxy groups -OCH3 is 1. The average molecular weight is 239 g/mol. The second kappa shape index (κ2) is 5.74. The van der Waals surface area contributed by atoms with E-state index in [1.807, 2.05) is 30.3 Å². The van der Waals surface area contributed by atoms with Gasteiger partial charge in [0.1, 0.15) is 12.7 Å². The highest BCUT2D eigenvalue weighted by Crippen LogP contribution is 2.31. The first-order chi connectivity index (χ1) is 8.85. The fraction of sp³-hybridized carbons (Fsp3) is 0.133. The Morgan fingerprint density at radius 1 is 1.06 bits per heavy atom. The quantitative estimate of drug-likeness (QED) is 0.823. The van der Waals surface area contributed by atoms with Crippen LogP contribution >= 0.6 is 0 Å². The summed E-state index contributed by atoms with van der Waals surface area (Å²) in [5.41, 5.74) is 1.53. The highest BCUT2D eigenvalue weighted by atomic mass is 16.5. The number of benzene rings is 2. The fourth-order valence-electron chi connectivity index (χ4n) is 1.64. The van der Waals surface area contributed by atoms with Crippen LogP contribution in [0.25, 0.3) is 0 Å². The molecule has 0 saturated heterocycles. The van der Waals surface area contributed by atoms with Crippen molar-refractivity contribution in [3.8, 4) is 17.6 Å². The largest absolute Gasteiger partial charge is 0.493 e. The van der Waals surface area contributed by atoms with Crippen molar-refractivity contribution in [1.82, 2.24) is 0 Å². The average Bonchev–Trinajstić information content (AvgIpc) is 2.45. The van der Waals surface area contributed by atoms with Crippen molar-refractivity contribution < 1.29 is 9.47 Å². The SMILES string of the molecule is COc1cccc(C#N)c1OCc1ccccc1. The van der Waals surface area contributed by atoms with Crippen LogP contribution in [-0.2, 0) is 6.61 Å². The number of para-hydroxylation sites is 1. The molecule has 0 radical (unpaired) electrons. The molecule has 2 aromatic rings. The summed E-state index contributed by atoms with van der Waals surface area (Å²) in [6.07, 6.45) is 0. The van der Waals surface area contributed by atoms with Crippen molar-refractivity contribution >= 4 is 0 Å². The van der Waals surface area contributed by atoms with Gasteiger partial charge in [-0.05, 0) is 17.7 Å². The van der Waals surface area contributed by atoms with Gasteiger partial charge in [0.15, 0.2) is 11.5 Å². The van der Waals surface area contributed by atoms with Crippen molar-refractivity contribution in [2.24, 2.45) is 0 Å². The lowest BCUT2D eigenvalue weighted by molar-refractivity contribution is 0.283. The van der Waals surface area contributed by atoms with E-state index in [4.69, 9.17) is 14.7 Å². The number of hydrogen-bond acceptors (Lipinski definition) is 3. The van der Waals surface area contributed by atoms with Gasteiger partial charge in [-0.2, -0.15) is 5.26 Å². The highest BCUT2D eigenvalue weighted by Gasteiger charge is 2.10. The van der Waals surface area contributed by atoms with Gasteiger partial charge in [-0.1, -0.05) is 36.4 Å². The molecule has 0 N–H and O–H groups in total. The second-order valence-corrected chi connectivity index (χ2v) is 3.72.